The minimum atomic E-state index is 0.309. The van der Waals surface area contributed by atoms with Crippen molar-refractivity contribution in [2.75, 3.05) is 14.2 Å². The Morgan fingerprint density at radius 1 is 1.12 bits per heavy atom. The molecule has 132 valence electrons. The fraction of sp³-hybridized carbons (Fsp3) is 0.200. The Labute approximate surface area is 151 Å². The number of rotatable bonds is 6. The van der Waals surface area contributed by atoms with Crippen LogP contribution in [0.5, 0.6) is 11.5 Å². The molecular weight excluding hydrogens is 330 g/mol. The molecular formula is C20H19N3O3. The quantitative estimate of drug-likeness (QED) is 0.503. The van der Waals surface area contributed by atoms with Crippen molar-refractivity contribution in [2.45, 2.75) is 13.5 Å². The van der Waals surface area contributed by atoms with Gasteiger partial charge in [0.25, 0.3) is 0 Å². The van der Waals surface area contributed by atoms with Crippen molar-refractivity contribution in [1.82, 2.24) is 9.78 Å². The van der Waals surface area contributed by atoms with Crippen LogP contribution in [0.25, 0.3) is 16.9 Å². The minimum absolute atomic E-state index is 0.309. The molecule has 0 aliphatic heterocycles. The summed E-state index contributed by atoms with van der Waals surface area (Å²) in [7, 11) is 3.24. The van der Waals surface area contributed by atoms with E-state index in [1.807, 2.05) is 55.6 Å². The lowest BCUT2D eigenvalue weighted by Gasteiger charge is -2.09. The lowest BCUT2D eigenvalue weighted by Crippen LogP contribution is -1.98. The molecule has 3 aromatic rings. The van der Waals surface area contributed by atoms with E-state index in [1.54, 1.807) is 25.0 Å². The van der Waals surface area contributed by atoms with Gasteiger partial charge in [-0.15, -0.1) is 0 Å². The molecule has 0 fully saturated rings. The Balaban J connectivity index is 1.97. The third-order valence-electron chi connectivity index (χ3n) is 4.18. The largest absolute Gasteiger partial charge is 0.497 e. The molecule has 2 aromatic carbocycles. The van der Waals surface area contributed by atoms with E-state index < -0.39 is 0 Å². The first-order chi connectivity index (χ1) is 12.7. The summed E-state index contributed by atoms with van der Waals surface area (Å²) in [5.74, 6) is 1.42. The smallest absolute Gasteiger partial charge is 0.235 e. The van der Waals surface area contributed by atoms with Gasteiger partial charge in [0.1, 0.15) is 11.5 Å². The van der Waals surface area contributed by atoms with Gasteiger partial charge in [-0.2, -0.15) is 5.10 Å². The van der Waals surface area contributed by atoms with Crippen LogP contribution in [0.4, 0.5) is 0 Å². The molecule has 1 aromatic heterocycles. The Morgan fingerprint density at radius 3 is 2.69 bits per heavy atom. The predicted octanol–water partition coefficient (Wildman–Crippen LogP) is 3.70. The molecule has 0 unspecified atom stereocenters. The molecule has 0 aliphatic rings. The predicted molar refractivity (Wildman–Crippen MR) is 98.7 cm³/mol. The fourth-order valence-corrected chi connectivity index (χ4v) is 2.71. The third-order valence-corrected chi connectivity index (χ3v) is 4.18. The second-order valence-electron chi connectivity index (χ2n) is 5.73. The Bertz CT molecular complexity index is 972. The van der Waals surface area contributed by atoms with E-state index in [4.69, 9.17) is 9.47 Å². The molecule has 3 rings (SSSR count). The Kier molecular flexibility index (Phi) is 5.15. The monoisotopic (exact) mass is 349 g/mol. The summed E-state index contributed by atoms with van der Waals surface area (Å²) < 4.78 is 12.5. The van der Waals surface area contributed by atoms with Crippen LogP contribution < -0.4 is 9.47 Å². The highest BCUT2D eigenvalue weighted by atomic mass is 16.5. The number of hydrogen-bond acceptors (Lipinski definition) is 5. The van der Waals surface area contributed by atoms with Crippen molar-refractivity contribution in [1.29, 1.82) is 0 Å². The summed E-state index contributed by atoms with van der Waals surface area (Å²) in [4.78, 5) is 14.0. The van der Waals surface area contributed by atoms with Gasteiger partial charge in [-0.3, -0.25) is 0 Å². The van der Waals surface area contributed by atoms with Crippen LogP contribution in [0.2, 0.25) is 0 Å². The summed E-state index contributed by atoms with van der Waals surface area (Å²) in [5, 5.41) is 4.65. The van der Waals surface area contributed by atoms with Gasteiger partial charge in [0.2, 0.25) is 6.08 Å². The second kappa shape index (κ2) is 7.68. The summed E-state index contributed by atoms with van der Waals surface area (Å²) in [6, 6.07) is 13.5. The highest BCUT2D eigenvalue weighted by molar-refractivity contribution is 5.68. The number of isocyanates is 1. The number of aliphatic imine (C=N–C) groups is 1. The van der Waals surface area contributed by atoms with Crippen LogP contribution >= 0.6 is 0 Å². The first-order valence-electron chi connectivity index (χ1n) is 8.08. The van der Waals surface area contributed by atoms with Crippen LogP contribution in [0.1, 0.15) is 11.1 Å². The average Bonchev–Trinajstić information content (AvgIpc) is 3.16. The zero-order valence-corrected chi connectivity index (χ0v) is 14.9. The van der Waals surface area contributed by atoms with E-state index in [2.05, 4.69) is 10.1 Å². The lowest BCUT2D eigenvalue weighted by atomic mass is 10.1. The molecule has 0 aliphatic carbocycles. The Morgan fingerprint density at radius 2 is 1.96 bits per heavy atom. The van der Waals surface area contributed by atoms with Crippen molar-refractivity contribution < 1.29 is 14.3 Å². The number of methoxy groups -OCH3 is 2. The number of benzene rings is 2. The summed E-state index contributed by atoms with van der Waals surface area (Å²) >= 11 is 0. The summed E-state index contributed by atoms with van der Waals surface area (Å²) in [6.45, 7) is 2.29. The first kappa shape index (κ1) is 17.5. The molecule has 0 bridgehead atoms. The van der Waals surface area contributed by atoms with Gasteiger partial charge in [0, 0.05) is 17.8 Å². The van der Waals surface area contributed by atoms with E-state index in [-0.39, 0.29) is 0 Å². The molecule has 6 heteroatoms. The van der Waals surface area contributed by atoms with Crippen LogP contribution in [-0.2, 0) is 11.3 Å². The maximum atomic E-state index is 10.4. The highest BCUT2D eigenvalue weighted by Crippen LogP contribution is 2.32. The van der Waals surface area contributed by atoms with Crippen LogP contribution in [0, 0.1) is 6.92 Å². The zero-order valence-electron chi connectivity index (χ0n) is 14.9. The van der Waals surface area contributed by atoms with Gasteiger partial charge in [-0.1, -0.05) is 6.07 Å². The number of ether oxygens (including phenoxy) is 2. The Hall–Kier alpha value is -3.37. The molecule has 6 nitrogen and oxygen atoms in total. The molecule has 0 radical (unpaired) electrons. The normalized spacial score (nSPS) is 10.3. The van der Waals surface area contributed by atoms with Gasteiger partial charge < -0.3 is 9.47 Å². The highest BCUT2D eigenvalue weighted by Gasteiger charge is 2.11. The standard InChI is InChI=1S/C20H19N3O3/c1-14-4-5-16(10-15(14)12-21-13-24)23-9-8-19(22-23)18-7-6-17(25-2)11-20(18)26-3/h4-11H,12H2,1-3H3. The van der Waals surface area contributed by atoms with E-state index in [0.717, 1.165) is 33.8 Å². The fourth-order valence-electron chi connectivity index (χ4n) is 2.71. The number of nitrogens with zero attached hydrogens (tertiary/aromatic N) is 3. The van der Waals surface area contributed by atoms with Crippen molar-refractivity contribution in [3.05, 3.63) is 59.8 Å². The maximum absolute atomic E-state index is 10.4. The van der Waals surface area contributed by atoms with E-state index in [0.29, 0.717) is 12.3 Å². The van der Waals surface area contributed by atoms with Crippen molar-refractivity contribution in [3.63, 3.8) is 0 Å². The van der Waals surface area contributed by atoms with E-state index in [9.17, 15) is 4.79 Å². The molecule has 1 heterocycles. The minimum Gasteiger partial charge on any atom is -0.497 e. The first-order valence-corrected chi connectivity index (χ1v) is 8.08. The van der Waals surface area contributed by atoms with Crippen molar-refractivity contribution in [3.8, 4) is 28.4 Å². The molecule has 0 atom stereocenters. The van der Waals surface area contributed by atoms with Gasteiger partial charge in [-0.05, 0) is 48.4 Å². The number of aryl methyl sites for hydroxylation is 1. The van der Waals surface area contributed by atoms with E-state index in [1.165, 1.54) is 0 Å². The van der Waals surface area contributed by atoms with Crippen molar-refractivity contribution in [2.24, 2.45) is 4.99 Å². The molecule has 26 heavy (non-hydrogen) atoms. The lowest BCUT2D eigenvalue weighted by molar-refractivity contribution is 0.395. The number of carbonyl (C=O) groups excluding carboxylic acids is 1. The average molecular weight is 349 g/mol. The zero-order chi connectivity index (χ0) is 18.5. The van der Waals surface area contributed by atoms with Gasteiger partial charge in [-0.25, -0.2) is 14.5 Å². The van der Waals surface area contributed by atoms with Gasteiger partial charge in [0.05, 0.1) is 32.1 Å². The van der Waals surface area contributed by atoms with E-state index >= 15 is 0 Å². The van der Waals surface area contributed by atoms with Gasteiger partial charge >= 0.3 is 0 Å². The maximum Gasteiger partial charge on any atom is 0.235 e. The molecule has 0 N–H and O–H groups in total. The molecule has 0 saturated carbocycles. The topological polar surface area (TPSA) is 65.7 Å². The van der Waals surface area contributed by atoms with Crippen molar-refractivity contribution >= 4 is 6.08 Å². The summed E-state index contributed by atoms with van der Waals surface area (Å²) in [5.41, 5.74) is 4.59. The molecule has 0 saturated heterocycles. The molecule has 0 spiro atoms. The second-order valence-corrected chi connectivity index (χ2v) is 5.73. The number of aromatic nitrogens is 2. The van der Waals surface area contributed by atoms with Crippen LogP contribution in [0.3, 0.4) is 0 Å². The molecule has 0 amide bonds. The SMILES string of the molecule is COc1ccc(-c2ccn(-c3ccc(C)c(CN=C=O)c3)n2)c(OC)c1. The van der Waals surface area contributed by atoms with Crippen LogP contribution in [0.15, 0.2) is 53.7 Å². The third kappa shape index (κ3) is 3.50. The summed E-state index contributed by atoms with van der Waals surface area (Å²) in [6.07, 6.45) is 3.46. The van der Waals surface area contributed by atoms with Crippen LogP contribution in [-0.4, -0.2) is 30.1 Å². The number of hydrogen-bond donors (Lipinski definition) is 0. The van der Waals surface area contributed by atoms with Gasteiger partial charge in [0.15, 0.2) is 0 Å².